The summed E-state index contributed by atoms with van der Waals surface area (Å²) in [6, 6.07) is 15.2. The Morgan fingerprint density at radius 2 is 1.80 bits per heavy atom. The van der Waals surface area contributed by atoms with E-state index in [1.165, 1.54) is 4.90 Å². The molecule has 2 aromatic carbocycles. The topological polar surface area (TPSA) is 100 Å². The van der Waals surface area contributed by atoms with Gasteiger partial charge in [-0.3, -0.25) is 4.79 Å². The number of rotatable bonds is 7. The average Bonchev–Trinajstić information content (AvgIpc) is 3.22. The zero-order valence-electron chi connectivity index (χ0n) is 17.3. The number of carbonyl (C=O) groups excluding carboxylic acids is 2. The van der Waals surface area contributed by atoms with E-state index < -0.39 is 5.91 Å². The van der Waals surface area contributed by atoms with Gasteiger partial charge in [-0.1, -0.05) is 53.2 Å². The van der Waals surface area contributed by atoms with Gasteiger partial charge in [-0.25, -0.2) is 4.79 Å². The van der Waals surface area contributed by atoms with Crippen molar-refractivity contribution in [3.05, 3.63) is 76.9 Å². The number of hydrogen-bond donors (Lipinski definition) is 2. The van der Waals surface area contributed by atoms with Crippen LogP contribution in [0, 0.1) is 13.8 Å². The Kier molecular flexibility index (Phi) is 6.79. The van der Waals surface area contributed by atoms with E-state index in [1.54, 1.807) is 7.05 Å². The maximum Gasteiger partial charge on any atom is 0.321 e. The number of carbonyl (C=O) groups is 2. The molecule has 8 heteroatoms. The third-order valence-corrected chi connectivity index (χ3v) is 4.64. The maximum atomic E-state index is 12.3. The molecule has 3 aromatic rings. The van der Waals surface area contributed by atoms with Gasteiger partial charge in [0.25, 0.3) is 0 Å². The van der Waals surface area contributed by atoms with E-state index in [-0.39, 0.29) is 11.9 Å². The minimum Gasteiger partial charge on any atom is -0.344 e. The summed E-state index contributed by atoms with van der Waals surface area (Å²) in [6.45, 7) is 4.69. The molecule has 0 atom stereocenters. The van der Waals surface area contributed by atoms with Crippen LogP contribution in [0.4, 0.5) is 10.5 Å². The molecule has 3 amide bonds. The Bertz CT molecular complexity index is 1010. The zero-order chi connectivity index (χ0) is 21.5. The summed E-state index contributed by atoms with van der Waals surface area (Å²) in [7, 11) is 1.68. The number of hydrogen-bond acceptors (Lipinski definition) is 5. The molecular weight excluding hydrogens is 382 g/mol. The number of aromatic nitrogens is 2. The summed E-state index contributed by atoms with van der Waals surface area (Å²) in [5.41, 5.74) is 3.89. The van der Waals surface area contributed by atoms with Crippen molar-refractivity contribution >= 4 is 17.6 Å². The SMILES string of the molecule is Cc1ccc(CNC(=O)c2nc(CCN(C)C(=O)Nc3ccccc3C)no2)cc1. The van der Waals surface area contributed by atoms with Gasteiger partial charge in [-0.2, -0.15) is 4.98 Å². The Morgan fingerprint density at radius 3 is 2.53 bits per heavy atom. The number of nitrogens with one attached hydrogen (secondary N) is 2. The third-order valence-electron chi connectivity index (χ3n) is 4.64. The van der Waals surface area contributed by atoms with Gasteiger partial charge in [0, 0.05) is 32.2 Å². The minimum absolute atomic E-state index is 0.0934. The fourth-order valence-corrected chi connectivity index (χ4v) is 2.70. The number of aryl methyl sites for hydroxylation is 2. The van der Waals surface area contributed by atoms with Gasteiger partial charge in [0.1, 0.15) is 0 Å². The Labute approximate surface area is 175 Å². The molecule has 1 heterocycles. The van der Waals surface area contributed by atoms with E-state index in [0.717, 1.165) is 22.4 Å². The predicted molar refractivity (Wildman–Crippen MR) is 113 cm³/mol. The molecule has 8 nitrogen and oxygen atoms in total. The van der Waals surface area contributed by atoms with E-state index in [0.29, 0.717) is 25.3 Å². The van der Waals surface area contributed by atoms with Crippen molar-refractivity contribution < 1.29 is 14.1 Å². The maximum absolute atomic E-state index is 12.3. The van der Waals surface area contributed by atoms with Gasteiger partial charge in [0.05, 0.1) is 0 Å². The summed E-state index contributed by atoms with van der Waals surface area (Å²) in [6.07, 6.45) is 0.367. The van der Waals surface area contributed by atoms with Gasteiger partial charge in [-0.05, 0) is 31.0 Å². The molecule has 0 saturated carbocycles. The first-order valence-corrected chi connectivity index (χ1v) is 9.66. The number of para-hydroxylation sites is 1. The molecule has 0 unspecified atom stereocenters. The van der Waals surface area contributed by atoms with Crippen LogP contribution in [0.1, 0.15) is 33.2 Å². The van der Waals surface area contributed by atoms with E-state index >= 15 is 0 Å². The highest BCUT2D eigenvalue weighted by Crippen LogP contribution is 2.13. The molecule has 0 aliphatic heterocycles. The molecule has 0 fully saturated rings. The standard InChI is InChI=1S/C22H25N5O3/c1-15-8-10-17(11-9-15)14-23-20(28)21-25-19(26-30-21)12-13-27(3)22(29)24-18-7-5-4-6-16(18)2/h4-11H,12-14H2,1-3H3,(H,23,28)(H,24,29). The van der Waals surface area contributed by atoms with E-state index in [2.05, 4.69) is 20.8 Å². The fraction of sp³-hybridized carbons (Fsp3) is 0.273. The van der Waals surface area contributed by atoms with Crippen LogP contribution in [-0.4, -0.2) is 40.6 Å². The number of nitrogens with zero attached hydrogens (tertiary/aromatic N) is 3. The largest absolute Gasteiger partial charge is 0.344 e. The second kappa shape index (κ2) is 9.69. The van der Waals surface area contributed by atoms with Gasteiger partial charge in [-0.15, -0.1) is 0 Å². The van der Waals surface area contributed by atoms with E-state index in [1.807, 2.05) is 62.4 Å². The zero-order valence-corrected chi connectivity index (χ0v) is 17.3. The Morgan fingerprint density at radius 1 is 1.07 bits per heavy atom. The summed E-state index contributed by atoms with van der Waals surface area (Å²) in [4.78, 5) is 30.2. The molecule has 3 rings (SSSR count). The fourth-order valence-electron chi connectivity index (χ4n) is 2.70. The number of likely N-dealkylation sites (N-methyl/N-ethyl adjacent to an activating group) is 1. The quantitative estimate of drug-likeness (QED) is 0.626. The van der Waals surface area contributed by atoms with Gasteiger partial charge >= 0.3 is 17.8 Å². The average molecular weight is 407 g/mol. The summed E-state index contributed by atoms with van der Waals surface area (Å²) < 4.78 is 5.05. The molecular formula is C22H25N5O3. The smallest absolute Gasteiger partial charge is 0.321 e. The number of amides is 3. The van der Waals surface area contributed by atoms with Crippen LogP contribution in [0.25, 0.3) is 0 Å². The molecule has 156 valence electrons. The van der Waals surface area contributed by atoms with E-state index in [4.69, 9.17) is 4.52 Å². The first kappa shape index (κ1) is 21.0. The second-order valence-electron chi connectivity index (χ2n) is 7.10. The first-order valence-electron chi connectivity index (χ1n) is 9.66. The third kappa shape index (κ3) is 5.66. The van der Waals surface area contributed by atoms with Crippen LogP contribution in [-0.2, 0) is 13.0 Å². The molecule has 0 aliphatic rings. The molecule has 0 radical (unpaired) electrons. The minimum atomic E-state index is -0.431. The van der Waals surface area contributed by atoms with Crippen molar-refractivity contribution in [3.8, 4) is 0 Å². The lowest BCUT2D eigenvalue weighted by atomic mass is 10.1. The van der Waals surface area contributed by atoms with Gasteiger partial charge < -0.3 is 20.1 Å². The van der Waals surface area contributed by atoms with Crippen LogP contribution >= 0.6 is 0 Å². The summed E-state index contributed by atoms with van der Waals surface area (Å²) in [5.74, 6) is -0.157. The highest BCUT2D eigenvalue weighted by Gasteiger charge is 2.16. The normalized spacial score (nSPS) is 10.5. The molecule has 0 bridgehead atoms. The Hall–Kier alpha value is -3.68. The molecule has 2 N–H and O–H groups in total. The monoisotopic (exact) mass is 407 g/mol. The van der Waals surface area contributed by atoms with Crippen molar-refractivity contribution in [2.75, 3.05) is 18.9 Å². The highest BCUT2D eigenvalue weighted by atomic mass is 16.5. The first-order chi connectivity index (χ1) is 14.4. The van der Waals surface area contributed by atoms with Crippen LogP contribution in [0.5, 0.6) is 0 Å². The lowest BCUT2D eigenvalue weighted by Gasteiger charge is -2.17. The lowest BCUT2D eigenvalue weighted by molar-refractivity contribution is 0.0907. The predicted octanol–water partition coefficient (Wildman–Crippen LogP) is 3.32. The molecule has 30 heavy (non-hydrogen) atoms. The summed E-state index contributed by atoms with van der Waals surface area (Å²) >= 11 is 0. The number of anilines is 1. The van der Waals surface area contributed by atoms with Crippen LogP contribution < -0.4 is 10.6 Å². The molecule has 0 saturated heterocycles. The van der Waals surface area contributed by atoms with Crippen LogP contribution in [0.3, 0.4) is 0 Å². The van der Waals surface area contributed by atoms with Crippen LogP contribution in [0.2, 0.25) is 0 Å². The van der Waals surface area contributed by atoms with Crippen molar-refractivity contribution in [3.63, 3.8) is 0 Å². The second-order valence-corrected chi connectivity index (χ2v) is 7.10. The summed E-state index contributed by atoms with van der Waals surface area (Å²) in [5, 5.41) is 9.45. The molecule has 0 aliphatic carbocycles. The molecule has 0 spiro atoms. The van der Waals surface area contributed by atoms with E-state index in [9.17, 15) is 9.59 Å². The van der Waals surface area contributed by atoms with Gasteiger partial charge in [0.15, 0.2) is 5.82 Å². The number of urea groups is 1. The van der Waals surface area contributed by atoms with Crippen molar-refractivity contribution in [2.24, 2.45) is 0 Å². The lowest BCUT2D eigenvalue weighted by Crippen LogP contribution is -2.33. The van der Waals surface area contributed by atoms with Crippen molar-refractivity contribution in [1.29, 1.82) is 0 Å². The van der Waals surface area contributed by atoms with Crippen molar-refractivity contribution in [1.82, 2.24) is 20.4 Å². The van der Waals surface area contributed by atoms with Crippen molar-refractivity contribution in [2.45, 2.75) is 26.8 Å². The Balaban J connectivity index is 1.47. The number of benzene rings is 2. The van der Waals surface area contributed by atoms with Gasteiger partial charge in [0.2, 0.25) is 0 Å². The highest BCUT2D eigenvalue weighted by molar-refractivity contribution is 5.90. The molecule has 1 aromatic heterocycles. The van der Waals surface area contributed by atoms with Crippen LogP contribution in [0.15, 0.2) is 53.1 Å².